The Hall–Kier alpha value is -4.28. The highest BCUT2D eigenvalue weighted by Crippen LogP contribution is 2.40. The first-order valence-electron chi connectivity index (χ1n) is 15.2. The number of H-pyrrole nitrogens is 1. The Balaban J connectivity index is 1.33. The van der Waals surface area contributed by atoms with Crippen LogP contribution in [0, 0.1) is 5.82 Å². The molecule has 1 N–H and O–H groups in total. The summed E-state index contributed by atoms with van der Waals surface area (Å²) >= 11 is 8.66. The Labute approximate surface area is 274 Å². The number of ether oxygens (including phenoxy) is 2. The molecule has 1 aliphatic rings. The van der Waals surface area contributed by atoms with E-state index in [4.69, 9.17) is 26.2 Å². The van der Waals surface area contributed by atoms with Gasteiger partial charge in [-0.25, -0.2) is 9.18 Å². The van der Waals surface area contributed by atoms with E-state index >= 15 is 0 Å². The number of fused-ring (bicyclic) bond motifs is 8. The summed E-state index contributed by atoms with van der Waals surface area (Å²) in [4.78, 5) is 16.4. The van der Waals surface area contributed by atoms with Crippen LogP contribution in [0.4, 0.5) is 4.39 Å². The van der Waals surface area contributed by atoms with Crippen molar-refractivity contribution in [1.29, 1.82) is 0 Å². The van der Waals surface area contributed by atoms with Crippen LogP contribution in [0.15, 0.2) is 54.7 Å². The first-order valence-corrected chi connectivity index (χ1v) is 16.7. The van der Waals surface area contributed by atoms with E-state index < -0.39 is 5.97 Å². The Morgan fingerprint density at radius 3 is 2.74 bits per heavy atom. The maximum atomic E-state index is 14.3. The lowest BCUT2D eigenvalue weighted by atomic mass is 10.0. The van der Waals surface area contributed by atoms with Crippen molar-refractivity contribution in [1.82, 2.24) is 24.5 Å². The molecular formula is C35H33ClFN5O3S. The molecule has 0 atom stereocenters. The zero-order valence-corrected chi connectivity index (χ0v) is 27.4. The van der Waals surface area contributed by atoms with Crippen molar-refractivity contribution in [3.63, 3.8) is 0 Å². The fourth-order valence-electron chi connectivity index (χ4n) is 6.45. The molecule has 8 bridgehead atoms. The number of carbonyl (C=O) groups excluding carboxylic acids is 1. The third-order valence-corrected chi connectivity index (χ3v) is 9.97. The van der Waals surface area contributed by atoms with E-state index in [9.17, 15) is 9.18 Å². The van der Waals surface area contributed by atoms with Gasteiger partial charge in [0, 0.05) is 53.2 Å². The van der Waals surface area contributed by atoms with Crippen LogP contribution in [-0.4, -0.2) is 44.2 Å². The summed E-state index contributed by atoms with van der Waals surface area (Å²) < 4.78 is 29.6. The number of aromatic amines is 1. The second kappa shape index (κ2) is 12.5. The van der Waals surface area contributed by atoms with Crippen LogP contribution in [-0.2, 0) is 49.6 Å². The fourth-order valence-corrected chi connectivity index (χ4v) is 7.58. The first kappa shape index (κ1) is 30.4. The van der Waals surface area contributed by atoms with Gasteiger partial charge in [-0.15, -0.1) is 0 Å². The van der Waals surface area contributed by atoms with E-state index in [0.717, 1.165) is 79.6 Å². The summed E-state index contributed by atoms with van der Waals surface area (Å²) in [6.45, 7) is 0.401. The Bertz CT molecular complexity index is 2120. The molecule has 4 heterocycles. The van der Waals surface area contributed by atoms with Crippen LogP contribution in [0.25, 0.3) is 32.9 Å². The second-order valence-electron chi connectivity index (χ2n) is 11.6. The van der Waals surface area contributed by atoms with E-state index in [1.165, 1.54) is 13.2 Å². The van der Waals surface area contributed by atoms with Crippen molar-refractivity contribution in [3.05, 3.63) is 99.3 Å². The minimum atomic E-state index is -0.445. The van der Waals surface area contributed by atoms with Gasteiger partial charge in [0.15, 0.2) is 0 Å². The number of nitrogens with zero attached hydrogens (tertiary/aromatic N) is 4. The summed E-state index contributed by atoms with van der Waals surface area (Å²) in [5, 5.41) is 12.5. The number of benzene rings is 3. The molecule has 6 aromatic rings. The lowest BCUT2D eigenvalue weighted by molar-refractivity contribution is 0.0593. The smallest absolute Gasteiger partial charge is 0.354 e. The van der Waals surface area contributed by atoms with Crippen LogP contribution in [0.3, 0.4) is 0 Å². The molecular weight excluding hydrogens is 625 g/mol. The van der Waals surface area contributed by atoms with Gasteiger partial charge in [0.05, 0.1) is 41.8 Å². The van der Waals surface area contributed by atoms with Crippen molar-refractivity contribution in [2.75, 3.05) is 13.7 Å². The van der Waals surface area contributed by atoms with E-state index in [-0.39, 0.29) is 5.82 Å². The predicted octanol–water partition coefficient (Wildman–Crippen LogP) is 7.58. The standard InChI is InChI=1S/C35H33ClFN5O3S/c1-41-25-8-6-20-13-21-15-23(37)7-9-26(21)30(14-20)45-12-4-5-27-28-10-11-29(36)31(32(28)39-33(27)35(43)44-3)34-22(17-38-42(34)2)18-46-19-24(16-25)40-41/h7,9-11,13-17,39H,4-6,8,12,18-19H2,1-3H3. The fraction of sp³-hybridized carbons (Fsp3) is 0.286. The summed E-state index contributed by atoms with van der Waals surface area (Å²) in [6.07, 6.45) is 4.62. The van der Waals surface area contributed by atoms with Gasteiger partial charge < -0.3 is 14.5 Å². The molecule has 0 saturated heterocycles. The highest BCUT2D eigenvalue weighted by molar-refractivity contribution is 7.97. The topological polar surface area (TPSA) is 87.0 Å². The number of hydrogen-bond donors (Lipinski definition) is 1. The van der Waals surface area contributed by atoms with Crippen molar-refractivity contribution in [3.8, 4) is 17.0 Å². The molecule has 0 amide bonds. The summed E-state index contributed by atoms with van der Waals surface area (Å²) in [7, 11) is 5.26. The SMILES string of the molecule is COC(=O)c1[nH]c2c3c(Cl)ccc2c1CCCOc1cc(cc2cc(F)ccc12)CCc1cc(nn1C)CSCc1cnn(C)c1-3. The summed E-state index contributed by atoms with van der Waals surface area (Å²) in [5.74, 6) is 1.42. The van der Waals surface area contributed by atoms with E-state index in [2.05, 4.69) is 22.2 Å². The van der Waals surface area contributed by atoms with E-state index in [1.807, 2.05) is 47.9 Å². The maximum Gasteiger partial charge on any atom is 0.354 e. The maximum absolute atomic E-state index is 14.3. The van der Waals surface area contributed by atoms with Crippen molar-refractivity contribution >= 4 is 51.0 Å². The number of thioether (sulfide) groups is 1. The van der Waals surface area contributed by atoms with Gasteiger partial charge in [-0.3, -0.25) is 9.36 Å². The van der Waals surface area contributed by atoms with Crippen LogP contribution in [0.5, 0.6) is 5.75 Å². The summed E-state index contributed by atoms with van der Waals surface area (Å²) in [6, 6.07) is 14.9. The number of nitrogens with one attached hydrogen (secondary N) is 1. The van der Waals surface area contributed by atoms with E-state index in [0.29, 0.717) is 41.7 Å². The first-order chi connectivity index (χ1) is 22.3. The van der Waals surface area contributed by atoms with Crippen molar-refractivity contribution in [2.24, 2.45) is 14.1 Å². The highest BCUT2D eigenvalue weighted by atomic mass is 35.5. The zero-order chi connectivity index (χ0) is 31.9. The Morgan fingerprint density at radius 2 is 1.89 bits per heavy atom. The Morgan fingerprint density at radius 1 is 1.04 bits per heavy atom. The van der Waals surface area contributed by atoms with Gasteiger partial charge in [-0.2, -0.15) is 22.0 Å². The van der Waals surface area contributed by atoms with Gasteiger partial charge in [0.1, 0.15) is 17.3 Å². The van der Waals surface area contributed by atoms with Crippen LogP contribution in [0.1, 0.15) is 45.0 Å². The van der Waals surface area contributed by atoms with Crippen molar-refractivity contribution in [2.45, 2.75) is 37.2 Å². The molecule has 1 aliphatic heterocycles. The van der Waals surface area contributed by atoms with Crippen LogP contribution < -0.4 is 4.74 Å². The highest BCUT2D eigenvalue weighted by Gasteiger charge is 2.24. The number of carbonyl (C=O) groups is 1. The number of hydrogen-bond acceptors (Lipinski definition) is 6. The van der Waals surface area contributed by atoms with Gasteiger partial charge in [-0.05, 0) is 78.6 Å². The average Bonchev–Trinajstić information content (AvgIpc) is 3.71. The minimum absolute atomic E-state index is 0.284. The molecule has 11 heteroatoms. The quantitative estimate of drug-likeness (QED) is 0.184. The van der Waals surface area contributed by atoms with Gasteiger partial charge in [0.2, 0.25) is 0 Å². The minimum Gasteiger partial charge on any atom is -0.493 e. The van der Waals surface area contributed by atoms with Crippen LogP contribution in [0.2, 0.25) is 5.02 Å². The van der Waals surface area contributed by atoms with Gasteiger partial charge in [-0.1, -0.05) is 23.7 Å². The molecule has 3 aromatic carbocycles. The number of halogens is 2. The van der Waals surface area contributed by atoms with Crippen LogP contribution >= 0.6 is 23.4 Å². The third kappa shape index (κ3) is 5.64. The van der Waals surface area contributed by atoms with E-state index in [1.54, 1.807) is 23.9 Å². The molecule has 46 heavy (non-hydrogen) atoms. The molecule has 0 radical (unpaired) electrons. The number of rotatable bonds is 1. The molecule has 236 valence electrons. The lowest BCUT2D eigenvalue weighted by Crippen LogP contribution is -2.07. The predicted molar refractivity (Wildman–Crippen MR) is 180 cm³/mol. The molecule has 0 fully saturated rings. The molecule has 3 aromatic heterocycles. The molecule has 0 spiro atoms. The molecule has 8 nitrogen and oxygen atoms in total. The molecule has 0 saturated carbocycles. The zero-order valence-electron chi connectivity index (χ0n) is 25.8. The number of aromatic nitrogens is 5. The van der Waals surface area contributed by atoms with Gasteiger partial charge >= 0.3 is 5.97 Å². The molecule has 0 unspecified atom stereocenters. The largest absolute Gasteiger partial charge is 0.493 e. The van der Waals surface area contributed by atoms with Gasteiger partial charge in [0.25, 0.3) is 0 Å². The third-order valence-electron chi connectivity index (χ3n) is 8.64. The number of methoxy groups -OCH3 is 1. The van der Waals surface area contributed by atoms with Crippen molar-refractivity contribution < 1.29 is 18.7 Å². The normalized spacial score (nSPS) is 14.2. The summed E-state index contributed by atoms with van der Waals surface area (Å²) in [5.41, 5.74) is 7.93. The number of esters is 1. The second-order valence-corrected chi connectivity index (χ2v) is 13.0. The Kier molecular flexibility index (Phi) is 8.25. The lowest BCUT2D eigenvalue weighted by Gasteiger charge is -2.13. The molecule has 7 rings (SSSR count). The number of aryl methyl sites for hydroxylation is 5. The average molecular weight is 658 g/mol. The monoisotopic (exact) mass is 657 g/mol. The molecule has 0 aliphatic carbocycles.